The van der Waals surface area contributed by atoms with E-state index in [-0.39, 0.29) is 12.1 Å². The minimum atomic E-state index is -1.21. The van der Waals surface area contributed by atoms with Crippen LogP contribution in [-0.2, 0) is 6.54 Å². The Kier molecular flexibility index (Phi) is 3.64. The molecular weight excluding hydrogens is 292 g/mol. The van der Waals surface area contributed by atoms with Crippen LogP contribution >= 0.6 is 0 Å². The summed E-state index contributed by atoms with van der Waals surface area (Å²) in [5.74, 6) is -2.06. The van der Waals surface area contributed by atoms with Gasteiger partial charge < -0.3 is 5.11 Å². The van der Waals surface area contributed by atoms with Gasteiger partial charge in [-0.25, -0.2) is 13.5 Å². The lowest BCUT2D eigenvalue weighted by Gasteiger charge is -2.12. The fourth-order valence-corrected chi connectivity index (χ4v) is 2.13. The Hall–Kier alpha value is -2.67. The van der Waals surface area contributed by atoms with Crippen LogP contribution in [0, 0.1) is 11.6 Å². The second kappa shape index (κ2) is 5.61. The highest BCUT2D eigenvalue weighted by atomic mass is 19.2. The zero-order chi connectivity index (χ0) is 15.7. The third kappa shape index (κ3) is 2.58. The average molecular weight is 303 g/mol. The van der Waals surface area contributed by atoms with Gasteiger partial charge in [0.2, 0.25) is 0 Å². The largest absolute Gasteiger partial charge is 0.386 e. The second-order valence-corrected chi connectivity index (χ2v) is 4.78. The number of halogens is 2. The lowest BCUT2D eigenvalue weighted by atomic mass is 10.1. The summed E-state index contributed by atoms with van der Waals surface area (Å²) in [5, 5.41) is 18.1. The molecule has 0 saturated heterocycles. The third-order valence-corrected chi connectivity index (χ3v) is 3.30. The number of fused-ring (bicyclic) bond motifs is 1. The molecular formula is C15H11F2N3O2. The van der Waals surface area contributed by atoms with Gasteiger partial charge in [0.15, 0.2) is 11.6 Å². The van der Waals surface area contributed by atoms with E-state index < -0.39 is 23.3 Å². The lowest BCUT2D eigenvalue weighted by Crippen LogP contribution is -2.27. The summed E-state index contributed by atoms with van der Waals surface area (Å²) in [6.07, 6.45) is -1.21. The number of rotatable bonds is 3. The molecule has 1 heterocycles. The van der Waals surface area contributed by atoms with E-state index in [0.717, 1.165) is 16.8 Å². The van der Waals surface area contributed by atoms with Crippen LogP contribution in [0.4, 0.5) is 8.78 Å². The highest BCUT2D eigenvalue weighted by molar-refractivity contribution is 5.76. The van der Waals surface area contributed by atoms with Crippen molar-refractivity contribution >= 4 is 10.9 Å². The van der Waals surface area contributed by atoms with Gasteiger partial charge in [0, 0.05) is 0 Å². The van der Waals surface area contributed by atoms with Crippen LogP contribution < -0.4 is 5.56 Å². The molecule has 2 aromatic carbocycles. The van der Waals surface area contributed by atoms with Crippen molar-refractivity contribution in [3.8, 4) is 0 Å². The summed E-state index contributed by atoms with van der Waals surface area (Å²) in [6.45, 7) is -0.207. The van der Waals surface area contributed by atoms with Crippen molar-refractivity contribution in [1.29, 1.82) is 0 Å². The van der Waals surface area contributed by atoms with Gasteiger partial charge in [-0.2, -0.15) is 0 Å². The first kappa shape index (κ1) is 14.3. The topological polar surface area (TPSA) is 68.0 Å². The number of aliphatic hydroxyl groups is 1. The minimum Gasteiger partial charge on any atom is -0.386 e. The van der Waals surface area contributed by atoms with E-state index in [1.165, 1.54) is 6.07 Å². The molecule has 1 atom stereocenters. The van der Waals surface area contributed by atoms with Crippen molar-refractivity contribution in [2.75, 3.05) is 0 Å². The predicted octanol–water partition coefficient (Wildman–Crippen LogP) is 1.80. The van der Waals surface area contributed by atoms with Gasteiger partial charge in [-0.05, 0) is 29.8 Å². The summed E-state index contributed by atoms with van der Waals surface area (Å²) < 4.78 is 27.1. The van der Waals surface area contributed by atoms with E-state index in [2.05, 4.69) is 10.3 Å². The van der Waals surface area contributed by atoms with Crippen LogP contribution in [-0.4, -0.2) is 20.1 Å². The average Bonchev–Trinajstić information content (AvgIpc) is 2.53. The Morgan fingerprint density at radius 2 is 1.91 bits per heavy atom. The van der Waals surface area contributed by atoms with E-state index in [1.807, 2.05) is 0 Å². The smallest absolute Gasteiger partial charge is 0.277 e. The zero-order valence-electron chi connectivity index (χ0n) is 11.3. The molecule has 5 nitrogen and oxygen atoms in total. The van der Waals surface area contributed by atoms with Gasteiger partial charge in [0.25, 0.3) is 5.56 Å². The molecule has 0 aliphatic carbocycles. The molecule has 22 heavy (non-hydrogen) atoms. The first-order valence-electron chi connectivity index (χ1n) is 6.52. The summed E-state index contributed by atoms with van der Waals surface area (Å²) >= 11 is 0. The summed E-state index contributed by atoms with van der Waals surface area (Å²) in [6, 6.07) is 9.75. The summed E-state index contributed by atoms with van der Waals surface area (Å²) in [5.41, 5.74) is 0.194. The summed E-state index contributed by atoms with van der Waals surface area (Å²) in [7, 11) is 0. The second-order valence-electron chi connectivity index (χ2n) is 4.78. The molecule has 7 heteroatoms. The predicted molar refractivity (Wildman–Crippen MR) is 75.1 cm³/mol. The van der Waals surface area contributed by atoms with E-state index in [4.69, 9.17) is 0 Å². The summed E-state index contributed by atoms with van der Waals surface area (Å²) in [4.78, 5) is 12.2. The molecule has 3 rings (SSSR count). The molecule has 0 aliphatic heterocycles. The van der Waals surface area contributed by atoms with Crippen molar-refractivity contribution in [2.24, 2.45) is 0 Å². The number of aliphatic hydroxyl groups excluding tert-OH is 1. The molecule has 0 aliphatic rings. The first-order valence-corrected chi connectivity index (χ1v) is 6.52. The van der Waals surface area contributed by atoms with Gasteiger partial charge in [-0.3, -0.25) is 4.79 Å². The molecule has 0 bridgehead atoms. The lowest BCUT2D eigenvalue weighted by molar-refractivity contribution is 0.147. The van der Waals surface area contributed by atoms with Crippen LogP contribution in [0.15, 0.2) is 47.3 Å². The van der Waals surface area contributed by atoms with Gasteiger partial charge in [-0.15, -0.1) is 5.10 Å². The fourth-order valence-electron chi connectivity index (χ4n) is 2.13. The SMILES string of the molecule is O=c1c2ccccc2nnn1CC(O)c1ccc(F)c(F)c1. The maximum absolute atomic E-state index is 13.2. The Labute approximate surface area is 123 Å². The van der Waals surface area contributed by atoms with Gasteiger partial charge in [0.05, 0.1) is 18.0 Å². The van der Waals surface area contributed by atoms with E-state index in [1.54, 1.807) is 24.3 Å². The molecule has 0 amide bonds. The number of aromatic nitrogens is 3. The molecule has 0 radical (unpaired) electrons. The van der Waals surface area contributed by atoms with Crippen molar-refractivity contribution in [3.05, 3.63) is 70.0 Å². The minimum absolute atomic E-state index is 0.153. The molecule has 1 aromatic heterocycles. The molecule has 0 saturated carbocycles. The molecule has 0 fully saturated rings. The molecule has 112 valence electrons. The standard InChI is InChI=1S/C15H11F2N3O2/c16-11-6-5-9(7-12(11)17)14(21)8-20-15(22)10-3-1-2-4-13(10)18-19-20/h1-7,14,21H,8H2. The van der Waals surface area contributed by atoms with Crippen molar-refractivity contribution < 1.29 is 13.9 Å². The molecule has 0 spiro atoms. The highest BCUT2D eigenvalue weighted by Crippen LogP contribution is 2.17. The van der Waals surface area contributed by atoms with E-state index in [0.29, 0.717) is 10.9 Å². The van der Waals surface area contributed by atoms with Crippen molar-refractivity contribution in [1.82, 2.24) is 15.0 Å². The molecule has 1 N–H and O–H groups in total. The van der Waals surface area contributed by atoms with Crippen LogP contribution in [0.3, 0.4) is 0 Å². The van der Waals surface area contributed by atoms with Crippen molar-refractivity contribution in [3.63, 3.8) is 0 Å². The van der Waals surface area contributed by atoms with Crippen LogP contribution in [0.5, 0.6) is 0 Å². The van der Waals surface area contributed by atoms with Gasteiger partial charge in [-0.1, -0.05) is 23.4 Å². The van der Waals surface area contributed by atoms with Crippen LogP contribution in [0.1, 0.15) is 11.7 Å². The highest BCUT2D eigenvalue weighted by Gasteiger charge is 2.14. The van der Waals surface area contributed by atoms with E-state index >= 15 is 0 Å². The zero-order valence-corrected chi connectivity index (χ0v) is 11.3. The molecule has 3 aromatic rings. The Morgan fingerprint density at radius 1 is 1.14 bits per heavy atom. The Balaban J connectivity index is 1.94. The monoisotopic (exact) mass is 303 g/mol. The van der Waals surface area contributed by atoms with Crippen LogP contribution in [0.2, 0.25) is 0 Å². The Bertz CT molecular complexity index is 895. The fraction of sp³-hybridized carbons (Fsp3) is 0.133. The quantitative estimate of drug-likeness (QED) is 0.801. The van der Waals surface area contributed by atoms with Gasteiger partial charge in [0.1, 0.15) is 5.52 Å². The number of nitrogens with zero attached hydrogens (tertiary/aromatic N) is 3. The maximum atomic E-state index is 13.2. The third-order valence-electron chi connectivity index (χ3n) is 3.30. The Morgan fingerprint density at radius 3 is 2.68 bits per heavy atom. The normalized spacial score (nSPS) is 12.5. The number of benzene rings is 2. The maximum Gasteiger partial charge on any atom is 0.277 e. The van der Waals surface area contributed by atoms with E-state index in [9.17, 15) is 18.7 Å². The van der Waals surface area contributed by atoms with Gasteiger partial charge >= 0.3 is 0 Å². The number of hydrogen-bond acceptors (Lipinski definition) is 4. The first-order chi connectivity index (χ1) is 10.6. The molecule has 1 unspecified atom stereocenters. The number of hydrogen-bond donors (Lipinski definition) is 1. The van der Waals surface area contributed by atoms with Crippen molar-refractivity contribution in [2.45, 2.75) is 12.6 Å². The van der Waals surface area contributed by atoms with Crippen LogP contribution in [0.25, 0.3) is 10.9 Å².